The monoisotopic (exact) mass is 395 g/mol. The number of benzene rings is 1. The summed E-state index contributed by atoms with van der Waals surface area (Å²) in [6.07, 6.45) is 4.63. The molecule has 7 heteroatoms. The molecule has 2 aromatic rings. The van der Waals surface area contributed by atoms with E-state index < -0.39 is 0 Å². The minimum Gasteiger partial charge on any atom is -0.458 e. The van der Waals surface area contributed by atoms with Gasteiger partial charge in [0.2, 0.25) is 0 Å². The average molecular weight is 397 g/mol. The Labute approximate surface area is 147 Å². The van der Waals surface area contributed by atoms with Gasteiger partial charge in [-0.1, -0.05) is 23.7 Å². The summed E-state index contributed by atoms with van der Waals surface area (Å²) in [5, 5.41) is 0.465. The van der Waals surface area contributed by atoms with E-state index in [1.165, 1.54) is 12.4 Å². The molecule has 1 aromatic heterocycles. The van der Waals surface area contributed by atoms with Gasteiger partial charge in [-0.05, 0) is 40.9 Å². The highest BCUT2D eigenvalue weighted by Gasteiger charge is 2.27. The van der Waals surface area contributed by atoms with E-state index in [4.69, 9.17) is 16.3 Å². The van der Waals surface area contributed by atoms with Crippen LogP contribution in [0.25, 0.3) is 0 Å². The minimum absolute atomic E-state index is 0.00259. The number of rotatable bonds is 3. The van der Waals surface area contributed by atoms with E-state index in [0.717, 1.165) is 23.9 Å². The summed E-state index contributed by atoms with van der Waals surface area (Å²) in [7, 11) is 0. The van der Waals surface area contributed by atoms with E-state index in [0.29, 0.717) is 17.1 Å². The molecule has 2 heterocycles. The molecular formula is C16H15BrClN3O2. The van der Waals surface area contributed by atoms with Gasteiger partial charge in [0.05, 0.1) is 29.5 Å². The third-order valence-electron chi connectivity index (χ3n) is 3.64. The number of hydrogen-bond donors (Lipinski definition) is 0. The summed E-state index contributed by atoms with van der Waals surface area (Å²) in [5.41, 5.74) is 0.663. The van der Waals surface area contributed by atoms with E-state index in [2.05, 4.69) is 25.9 Å². The Morgan fingerprint density at radius 2 is 2.04 bits per heavy atom. The van der Waals surface area contributed by atoms with Crippen LogP contribution in [0.4, 0.5) is 0 Å². The van der Waals surface area contributed by atoms with E-state index in [1.54, 1.807) is 0 Å². The molecule has 1 aromatic carbocycles. The molecule has 0 unspecified atom stereocenters. The van der Waals surface area contributed by atoms with Gasteiger partial charge in [0, 0.05) is 11.0 Å². The van der Waals surface area contributed by atoms with Crippen LogP contribution in [0.5, 0.6) is 6.01 Å². The topological polar surface area (TPSA) is 55.3 Å². The van der Waals surface area contributed by atoms with Crippen molar-refractivity contribution < 1.29 is 9.53 Å². The fourth-order valence-electron chi connectivity index (χ4n) is 2.53. The normalized spacial score (nSPS) is 17.8. The molecule has 1 aliphatic rings. The zero-order valence-electron chi connectivity index (χ0n) is 12.3. The smallest absolute Gasteiger partial charge is 0.316 e. The first-order valence-corrected chi connectivity index (χ1v) is 8.48. The predicted molar refractivity (Wildman–Crippen MR) is 90.7 cm³/mol. The van der Waals surface area contributed by atoms with Crippen molar-refractivity contribution in [2.75, 3.05) is 13.1 Å². The standard InChI is InChI=1S/C16H15BrClN3O2/c17-14-6-2-1-5-13(14)15(22)21-7-3-4-12(10-21)23-16-19-8-11(18)9-20-16/h1-2,5-6,8-9,12H,3-4,7,10H2/t12-/m0/s1. The molecule has 5 nitrogen and oxygen atoms in total. The molecule has 120 valence electrons. The Hall–Kier alpha value is -1.66. The maximum absolute atomic E-state index is 12.7. The van der Waals surface area contributed by atoms with Gasteiger partial charge in [-0.3, -0.25) is 4.79 Å². The molecule has 0 spiro atoms. The zero-order chi connectivity index (χ0) is 16.2. The predicted octanol–water partition coefficient (Wildman–Crippen LogP) is 3.58. The van der Waals surface area contributed by atoms with Crippen molar-refractivity contribution in [2.45, 2.75) is 18.9 Å². The lowest BCUT2D eigenvalue weighted by Gasteiger charge is -2.32. The van der Waals surface area contributed by atoms with Crippen LogP contribution < -0.4 is 4.74 Å². The Balaban J connectivity index is 1.67. The number of amides is 1. The molecule has 0 aliphatic carbocycles. The first-order valence-electron chi connectivity index (χ1n) is 7.31. The summed E-state index contributed by atoms with van der Waals surface area (Å²) < 4.78 is 6.57. The molecule has 23 heavy (non-hydrogen) atoms. The average Bonchev–Trinajstić information content (AvgIpc) is 2.57. The molecule has 0 bridgehead atoms. The zero-order valence-corrected chi connectivity index (χ0v) is 14.6. The first kappa shape index (κ1) is 16.2. The first-order chi connectivity index (χ1) is 11.1. The van der Waals surface area contributed by atoms with Crippen molar-refractivity contribution >= 4 is 33.4 Å². The molecule has 3 rings (SSSR count). The summed E-state index contributed by atoms with van der Waals surface area (Å²) in [6, 6.07) is 7.72. The summed E-state index contributed by atoms with van der Waals surface area (Å²) >= 11 is 9.19. The van der Waals surface area contributed by atoms with Crippen molar-refractivity contribution in [3.05, 3.63) is 51.7 Å². The van der Waals surface area contributed by atoms with Gasteiger partial charge in [0.25, 0.3) is 5.91 Å². The van der Waals surface area contributed by atoms with E-state index >= 15 is 0 Å². The Kier molecular flexibility index (Phi) is 5.13. The molecule has 0 saturated carbocycles. The molecule has 1 saturated heterocycles. The van der Waals surface area contributed by atoms with Gasteiger partial charge in [-0.25, -0.2) is 9.97 Å². The molecule has 1 amide bonds. The van der Waals surface area contributed by atoms with Crippen molar-refractivity contribution in [3.8, 4) is 6.01 Å². The van der Waals surface area contributed by atoms with Crippen LogP contribution in [-0.2, 0) is 0 Å². The van der Waals surface area contributed by atoms with Crippen LogP contribution in [0.15, 0.2) is 41.1 Å². The molecule has 0 radical (unpaired) electrons. The van der Waals surface area contributed by atoms with Crippen LogP contribution in [-0.4, -0.2) is 40.0 Å². The molecule has 0 N–H and O–H groups in total. The Bertz CT molecular complexity index is 696. The highest BCUT2D eigenvalue weighted by molar-refractivity contribution is 9.10. The van der Waals surface area contributed by atoms with Crippen LogP contribution >= 0.6 is 27.5 Å². The van der Waals surface area contributed by atoms with Gasteiger partial charge in [-0.15, -0.1) is 0 Å². The van der Waals surface area contributed by atoms with Crippen molar-refractivity contribution in [1.82, 2.24) is 14.9 Å². The fourth-order valence-corrected chi connectivity index (χ4v) is 3.09. The van der Waals surface area contributed by atoms with Crippen LogP contribution in [0.1, 0.15) is 23.2 Å². The lowest BCUT2D eigenvalue weighted by molar-refractivity contribution is 0.0515. The van der Waals surface area contributed by atoms with Crippen molar-refractivity contribution in [3.63, 3.8) is 0 Å². The third-order valence-corrected chi connectivity index (χ3v) is 4.53. The second kappa shape index (κ2) is 7.27. The van der Waals surface area contributed by atoms with E-state index in [-0.39, 0.29) is 18.0 Å². The number of hydrogen-bond acceptors (Lipinski definition) is 4. The molecular weight excluding hydrogens is 382 g/mol. The van der Waals surface area contributed by atoms with E-state index in [1.807, 2.05) is 29.2 Å². The highest BCUT2D eigenvalue weighted by Crippen LogP contribution is 2.22. The Morgan fingerprint density at radius 3 is 2.78 bits per heavy atom. The summed E-state index contributed by atoms with van der Waals surface area (Å²) in [6.45, 7) is 1.24. The second-order valence-electron chi connectivity index (χ2n) is 5.30. The fraction of sp³-hybridized carbons (Fsp3) is 0.312. The van der Waals surface area contributed by atoms with Gasteiger partial charge in [0.1, 0.15) is 6.10 Å². The maximum atomic E-state index is 12.7. The molecule has 1 atom stereocenters. The van der Waals surface area contributed by atoms with Crippen molar-refractivity contribution in [1.29, 1.82) is 0 Å². The highest BCUT2D eigenvalue weighted by atomic mass is 79.9. The van der Waals surface area contributed by atoms with Gasteiger partial charge < -0.3 is 9.64 Å². The third kappa shape index (κ3) is 4.00. The number of ether oxygens (including phenoxy) is 1. The number of aromatic nitrogens is 2. The van der Waals surface area contributed by atoms with Crippen LogP contribution in [0.3, 0.4) is 0 Å². The number of piperidine rings is 1. The number of nitrogens with zero attached hydrogens (tertiary/aromatic N) is 3. The van der Waals surface area contributed by atoms with Crippen LogP contribution in [0.2, 0.25) is 5.02 Å². The van der Waals surface area contributed by atoms with E-state index in [9.17, 15) is 4.79 Å². The molecule has 1 fully saturated rings. The second-order valence-corrected chi connectivity index (χ2v) is 6.59. The SMILES string of the molecule is O=C(c1ccccc1Br)N1CCC[C@H](Oc2ncc(Cl)cn2)C1. The number of carbonyl (C=O) groups excluding carboxylic acids is 1. The van der Waals surface area contributed by atoms with Crippen LogP contribution in [0, 0.1) is 0 Å². The number of likely N-dealkylation sites (tertiary alicyclic amines) is 1. The summed E-state index contributed by atoms with van der Waals surface area (Å²) in [4.78, 5) is 22.5. The van der Waals surface area contributed by atoms with Crippen molar-refractivity contribution in [2.24, 2.45) is 0 Å². The van der Waals surface area contributed by atoms with Gasteiger partial charge >= 0.3 is 6.01 Å². The lowest BCUT2D eigenvalue weighted by atomic mass is 10.1. The maximum Gasteiger partial charge on any atom is 0.316 e. The minimum atomic E-state index is -0.114. The number of halogens is 2. The van der Waals surface area contributed by atoms with Gasteiger partial charge in [0.15, 0.2) is 0 Å². The Morgan fingerprint density at radius 1 is 1.30 bits per heavy atom. The number of carbonyl (C=O) groups is 1. The lowest BCUT2D eigenvalue weighted by Crippen LogP contribution is -2.44. The quantitative estimate of drug-likeness (QED) is 0.796. The largest absolute Gasteiger partial charge is 0.458 e. The summed E-state index contributed by atoms with van der Waals surface area (Å²) in [5.74, 6) is 0.00259. The van der Waals surface area contributed by atoms with Gasteiger partial charge in [-0.2, -0.15) is 0 Å². The molecule has 1 aliphatic heterocycles.